The minimum absolute atomic E-state index is 0. The zero-order chi connectivity index (χ0) is 17.2. The molecule has 3 saturated heterocycles. The molecule has 1 amide bonds. The third kappa shape index (κ3) is 5.60. The van der Waals surface area contributed by atoms with Gasteiger partial charge in [-0.3, -0.25) is 9.69 Å². The lowest BCUT2D eigenvalue weighted by molar-refractivity contribution is -0.134. The van der Waals surface area contributed by atoms with E-state index in [2.05, 4.69) is 46.3 Å². The van der Waals surface area contributed by atoms with Crippen molar-refractivity contribution in [3.05, 3.63) is 35.4 Å². The Kier molecular flexibility index (Phi) is 8.41. The molecule has 1 N–H and O–H groups in total. The highest BCUT2D eigenvalue weighted by Gasteiger charge is 2.35. The van der Waals surface area contributed by atoms with Gasteiger partial charge in [-0.2, -0.15) is 0 Å². The molecular weight excluding hydrogens is 381 g/mol. The normalized spacial score (nSPS) is 27.6. The third-order valence-electron chi connectivity index (χ3n) is 6.41. The van der Waals surface area contributed by atoms with E-state index in [4.69, 9.17) is 0 Å². The van der Waals surface area contributed by atoms with Crippen LogP contribution in [0.3, 0.4) is 0 Å². The highest BCUT2D eigenvalue weighted by Crippen LogP contribution is 2.33. The summed E-state index contributed by atoms with van der Waals surface area (Å²) < 4.78 is 0. The molecule has 152 valence electrons. The zero-order valence-electron chi connectivity index (χ0n) is 16.2. The fourth-order valence-corrected chi connectivity index (χ4v) is 4.90. The standard InChI is InChI=1S/C21H31N3O.2ClH/c1-16-4-2-3-5-18(16)15-23-8-10-24(11-9-23)21(25)14-17-12-19-6-7-20(13-17)22-19;;/h2-5,17,19-20,22H,6-15H2,1H3;2*1H. The van der Waals surface area contributed by atoms with E-state index in [0.29, 0.717) is 23.9 Å². The van der Waals surface area contributed by atoms with Crippen molar-refractivity contribution in [2.24, 2.45) is 5.92 Å². The number of rotatable bonds is 4. The van der Waals surface area contributed by atoms with Gasteiger partial charge in [-0.15, -0.1) is 24.8 Å². The first kappa shape index (κ1) is 22.5. The monoisotopic (exact) mass is 413 g/mol. The van der Waals surface area contributed by atoms with Crippen LogP contribution in [0.1, 0.15) is 43.2 Å². The van der Waals surface area contributed by atoms with Crippen LogP contribution in [-0.4, -0.2) is 54.0 Å². The number of carbonyl (C=O) groups excluding carboxylic acids is 1. The molecule has 2 bridgehead atoms. The van der Waals surface area contributed by atoms with Gasteiger partial charge in [-0.25, -0.2) is 0 Å². The smallest absolute Gasteiger partial charge is 0.222 e. The first-order chi connectivity index (χ1) is 12.2. The fourth-order valence-electron chi connectivity index (χ4n) is 4.90. The Morgan fingerprint density at radius 3 is 2.30 bits per heavy atom. The summed E-state index contributed by atoms with van der Waals surface area (Å²) in [5, 5.41) is 3.67. The van der Waals surface area contributed by atoms with E-state index < -0.39 is 0 Å². The molecule has 0 aliphatic carbocycles. The summed E-state index contributed by atoms with van der Waals surface area (Å²) in [6, 6.07) is 9.99. The van der Waals surface area contributed by atoms with Gasteiger partial charge in [0, 0.05) is 51.2 Å². The van der Waals surface area contributed by atoms with Crippen molar-refractivity contribution in [1.82, 2.24) is 15.1 Å². The van der Waals surface area contributed by atoms with Crippen molar-refractivity contribution in [1.29, 1.82) is 0 Å². The van der Waals surface area contributed by atoms with Crippen LogP contribution in [-0.2, 0) is 11.3 Å². The lowest BCUT2D eigenvalue weighted by Crippen LogP contribution is -2.49. The molecule has 3 aliphatic heterocycles. The van der Waals surface area contributed by atoms with Crippen molar-refractivity contribution in [2.45, 2.75) is 57.7 Å². The van der Waals surface area contributed by atoms with Crippen molar-refractivity contribution in [3.8, 4) is 0 Å². The second-order valence-electron chi connectivity index (χ2n) is 8.26. The number of piperidine rings is 1. The number of amides is 1. The van der Waals surface area contributed by atoms with E-state index in [1.165, 1.54) is 36.8 Å². The zero-order valence-corrected chi connectivity index (χ0v) is 17.9. The topological polar surface area (TPSA) is 35.6 Å². The molecule has 3 aliphatic rings. The average molecular weight is 414 g/mol. The molecular formula is C21H33Cl2N3O. The van der Waals surface area contributed by atoms with Crippen LogP contribution in [0, 0.1) is 12.8 Å². The van der Waals surface area contributed by atoms with Crippen LogP contribution < -0.4 is 5.32 Å². The number of aryl methyl sites for hydroxylation is 1. The quantitative estimate of drug-likeness (QED) is 0.821. The Balaban J connectivity index is 0.00000131. The number of benzene rings is 1. The van der Waals surface area contributed by atoms with Crippen molar-refractivity contribution in [3.63, 3.8) is 0 Å². The van der Waals surface area contributed by atoms with Gasteiger partial charge in [-0.1, -0.05) is 24.3 Å². The number of nitrogens with zero attached hydrogens (tertiary/aromatic N) is 2. The third-order valence-corrected chi connectivity index (χ3v) is 6.41. The Labute approximate surface area is 175 Å². The largest absolute Gasteiger partial charge is 0.340 e. The minimum atomic E-state index is 0. The van der Waals surface area contributed by atoms with Gasteiger partial charge in [-0.05, 0) is 49.7 Å². The molecule has 1 aromatic rings. The van der Waals surface area contributed by atoms with Gasteiger partial charge >= 0.3 is 0 Å². The van der Waals surface area contributed by atoms with Gasteiger partial charge in [0.2, 0.25) is 5.91 Å². The minimum Gasteiger partial charge on any atom is -0.340 e. The Morgan fingerprint density at radius 2 is 1.67 bits per heavy atom. The van der Waals surface area contributed by atoms with E-state index in [9.17, 15) is 4.79 Å². The van der Waals surface area contributed by atoms with Crippen LogP contribution >= 0.6 is 24.8 Å². The molecule has 2 atom stereocenters. The average Bonchev–Trinajstić information content (AvgIpc) is 2.96. The highest BCUT2D eigenvalue weighted by atomic mass is 35.5. The van der Waals surface area contributed by atoms with Gasteiger partial charge in [0.05, 0.1) is 0 Å². The summed E-state index contributed by atoms with van der Waals surface area (Å²) >= 11 is 0. The van der Waals surface area contributed by atoms with Crippen LogP contribution in [0.4, 0.5) is 0 Å². The lowest BCUT2D eigenvalue weighted by Gasteiger charge is -2.36. The van der Waals surface area contributed by atoms with E-state index in [0.717, 1.165) is 39.1 Å². The summed E-state index contributed by atoms with van der Waals surface area (Å²) in [4.78, 5) is 17.3. The van der Waals surface area contributed by atoms with E-state index in [1.807, 2.05) is 0 Å². The predicted molar refractivity (Wildman–Crippen MR) is 115 cm³/mol. The Hall–Kier alpha value is -0.810. The molecule has 3 fully saturated rings. The molecule has 6 heteroatoms. The van der Waals surface area contributed by atoms with Crippen LogP contribution in [0.5, 0.6) is 0 Å². The number of carbonyl (C=O) groups is 1. The van der Waals surface area contributed by atoms with Crippen molar-refractivity contribution < 1.29 is 4.79 Å². The summed E-state index contributed by atoms with van der Waals surface area (Å²) in [5.74, 6) is 0.998. The molecule has 0 radical (unpaired) electrons. The number of nitrogens with one attached hydrogen (secondary N) is 1. The second kappa shape index (κ2) is 10.1. The maximum absolute atomic E-state index is 12.7. The van der Waals surface area contributed by atoms with Crippen LogP contribution in [0.2, 0.25) is 0 Å². The van der Waals surface area contributed by atoms with Gasteiger partial charge in [0.25, 0.3) is 0 Å². The van der Waals surface area contributed by atoms with Gasteiger partial charge in [0.15, 0.2) is 0 Å². The first-order valence-electron chi connectivity index (χ1n) is 9.98. The number of halogens is 2. The molecule has 0 spiro atoms. The van der Waals surface area contributed by atoms with E-state index in [-0.39, 0.29) is 24.8 Å². The van der Waals surface area contributed by atoms with Crippen LogP contribution in [0.15, 0.2) is 24.3 Å². The van der Waals surface area contributed by atoms with Crippen LogP contribution in [0.25, 0.3) is 0 Å². The first-order valence-corrected chi connectivity index (χ1v) is 9.98. The Morgan fingerprint density at radius 1 is 1.04 bits per heavy atom. The number of piperazine rings is 1. The maximum atomic E-state index is 12.7. The Bertz CT molecular complexity index is 607. The molecule has 3 heterocycles. The fraction of sp³-hybridized carbons (Fsp3) is 0.667. The number of hydrogen-bond donors (Lipinski definition) is 1. The maximum Gasteiger partial charge on any atom is 0.222 e. The number of fused-ring (bicyclic) bond motifs is 2. The summed E-state index contributed by atoms with van der Waals surface area (Å²) in [7, 11) is 0. The molecule has 2 unspecified atom stereocenters. The summed E-state index contributed by atoms with van der Waals surface area (Å²) in [6.07, 6.45) is 5.80. The molecule has 4 nitrogen and oxygen atoms in total. The summed E-state index contributed by atoms with van der Waals surface area (Å²) in [6.45, 7) is 6.97. The molecule has 27 heavy (non-hydrogen) atoms. The lowest BCUT2D eigenvalue weighted by atomic mass is 9.89. The summed E-state index contributed by atoms with van der Waals surface area (Å²) in [5.41, 5.74) is 2.77. The van der Waals surface area contributed by atoms with Crippen molar-refractivity contribution >= 4 is 30.7 Å². The second-order valence-corrected chi connectivity index (χ2v) is 8.26. The highest BCUT2D eigenvalue weighted by molar-refractivity contribution is 5.85. The molecule has 0 aromatic heterocycles. The predicted octanol–water partition coefficient (Wildman–Crippen LogP) is 3.40. The van der Waals surface area contributed by atoms with Crippen molar-refractivity contribution in [2.75, 3.05) is 26.2 Å². The van der Waals surface area contributed by atoms with E-state index >= 15 is 0 Å². The molecule has 4 rings (SSSR count). The van der Waals surface area contributed by atoms with Gasteiger partial charge < -0.3 is 10.2 Å². The van der Waals surface area contributed by atoms with E-state index in [1.54, 1.807) is 0 Å². The van der Waals surface area contributed by atoms with Gasteiger partial charge in [0.1, 0.15) is 0 Å². The molecule has 1 aromatic carbocycles. The number of hydrogen-bond acceptors (Lipinski definition) is 3. The molecule has 0 saturated carbocycles. The SMILES string of the molecule is Cc1ccccc1CN1CCN(C(=O)CC2CC3CCC(C2)N3)CC1.Cl.Cl.